The summed E-state index contributed by atoms with van der Waals surface area (Å²) in [5, 5.41) is 0.693. The van der Waals surface area contributed by atoms with Gasteiger partial charge in [0.25, 0.3) is 0 Å². The first kappa shape index (κ1) is 27.1. The van der Waals surface area contributed by atoms with E-state index in [-0.39, 0.29) is 29.8 Å². The van der Waals surface area contributed by atoms with Crippen LogP contribution in [0.25, 0.3) is 10.2 Å². The summed E-state index contributed by atoms with van der Waals surface area (Å²) in [6, 6.07) is 11.0. The van der Waals surface area contributed by atoms with E-state index < -0.39 is 15.8 Å². The lowest BCUT2D eigenvalue weighted by molar-refractivity contribution is -0.123. The van der Waals surface area contributed by atoms with Crippen LogP contribution in [0.4, 0.5) is 9.52 Å². The molecule has 2 aliphatic rings. The number of ether oxygens (including phenoxy) is 1. The van der Waals surface area contributed by atoms with Crippen LogP contribution in [0.1, 0.15) is 24.8 Å². The average molecular weight is 561 g/mol. The summed E-state index contributed by atoms with van der Waals surface area (Å²) < 4.78 is 47.3. The lowest BCUT2D eigenvalue weighted by Crippen LogP contribution is -2.45. The Bertz CT molecular complexity index is 1370. The second-order valence-electron chi connectivity index (χ2n) is 9.90. The molecule has 3 aromatic rings. The fourth-order valence-electron chi connectivity index (χ4n) is 5.03. The number of nitrogens with zero attached hydrogens (tertiary/aromatic N) is 4. The van der Waals surface area contributed by atoms with E-state index in [0.717, 1.165) is 67.2 Å². The molecule has 8 nitrogen and oxygen atoms in total. The van der Waals surface area contributed by atoms with Gasteiger partial charge >= 0.3 is 0 Å². The number of aromatic nitrogens is 1. The topological polar surface area (TPSA) is 83.1 Å². The smallest absolute Gasteiger partial charge is 0.243 e. The maximum Gasteiger partial charge on any atom is 0.243 e. The van der Waals surface area contributed by atoms with Crippen LogP contribution in [-0.2, 0) is 19.6 Å². The Morgan fingerprint density at radius 3 is 2.53 bits per heavy atom. The number of halogens is 1. The fraction of sp³-hybridized carbons (Fsp3) is 0.481. The molecule has 204 valence electrons. The van der Waals surface area contributed by atoms with E-state index in [9.17, 15) is 17.6 Å². The minimum Gasteiger partial charge on any atom is -0.379 e. The van der Waals surface area contributed by atoms with E-state index in [4.69, 9.17) is 9.72 Å². The molecular weight excluding hydrogens is 527 g/mol. The number of anilines is 1. The van der Waals surface area contributed by atoms with Crippen LogP contribution in [0, 0.1) is 18.7 Å². The largest absolute Gasteiger partial charge is 0.379 e. The highest BCUT2D eigenvalue weighted by Crippen LogP contribution is 2.32. The Kier molecular flexibility index (Phi) is 8.39. The van der Waals surface area contributed by atoms with Crippen molar-refractivity contribution in [3.8, 4) is 0 Å². The number of carbonyl (C=O) groups is 1. The highest BCUT2D eigenvalue weighted by Gasteiger charge is 2.35. The minimum atomic E-state index is -3.73. The lowest BCUT2D eigenvalue weighted by atomic mass is 9.96. The van der Waals surface area contributed by atoms with Crippen LogP contribution >= 0.6 is 11.3 Å². The van der Waals surface area contributed by atoms with Crippen LogP contribution < -0.4 is 4.90 Å². The average Bonchev–Trinajstić information content (AvgIpc) is 3.34. The Balaban J connectivity index is 1.29. The zero-order valence-corrected chi connectivity index (χ0v) is 23.1. The first-order valence-corrected chi connectivity index (χ1v) is 15.3. The zero-order valence-electron chi connectivity index (χ0n) is 21.5. The van der Waals surface area contributed by atoms with Gasteiger partial charge in [-0.3, -0.25) is 14.6 Å². The van der Waals surface area contributed by atoms with Crippen molar-refractivity contribution in [3.05, 3.63) is 53.8 Å². The molecule has 5 rings (SSSR count). The summed E-state index contributed by atoms with van der Waals surface area (Å²) in [4.78, 5) is 22.9. The molecule has 0 radical (unpaired) electrons. The standard InChI is InChI=1S/C27H33FN4O4S2/c1-20-3-8-24-25(19-20)37-27(29-24)32(12-2-11-30-15-17-36-18-16-30)26(33)21-9-13-31(14-10-21)38(34,35)23-6-4-22(28)5-7-23/h3-8,19,21H,2,9-18H2,1H3. The number of hydrogen-bond acceptors (Lipinski definition) is 7. The summed E-state index contributed by atoms with van der Waals surface area (Å²) >= 11 is 1.52. The highest BCUT2D eigenvalue weighted by atomic mass is 32.2. The molecule has 2 saturated heterocycles. The molecular formula is C27H33FN4O4S2. The van der Waals surface area contributed by atoms with Crippen molar-refractivity contribution >= 4 is 42.6 Å². The molecule has 0 N–H and O–H groups in total. The predicted octanol–water partition coefficient (Wildman–Crippen LogP) is 3.90. The molecule has 1 aromatic heterocycles. The van der Waals surface area contributed by atoms with Gasteiger partial charge in [-0.25, -0.2) is 17.8 Å². The van der Waals surface area contributed by atoms with Crippen molar-refractivity contribution in [1.82, 2.24) is 14.2 Å². The number of morpholine rings is 1. The number of carbonyl (C=O) groups excluding carboxylic acids is 1. The van der Waals surface area contributed by atoms with Crippen LogP contribution in [0.5, 0.6) is 0 Å². The number of piperidine rings is 1. The van der Waals surface area contributed by atoms with E-state index in [1.165, 1.54) is 27.8 Å². The molecule has 2 fully saturated rings. The fourth-order valence-corrected chi connectivity index (χ4v) is 7.60. The van der Waals surface area contributed by atoms with Crippen molar-refractivity contribution in [3.63, 3.8) is 0 Å². The molecule has 0 saturated carbocycles. The van der Waals surface area contributed by atoms with Crippen LogP contribution in [0.3, 0.4) is 0 Å². The minimum absolute atomic E-state index is 0.00147. The monoisotopic (exact) mass is 560 g/mol. The third kappa shape index (κ3) is 6.07. The van der Waals surface area contributed by atoms with Crippen LogP contribution in [-0.4, -0.2) is 81.0 Å². The second kappa shape index (κ2) is 11.7. The molecule has 11 heteroatoms. The van der Waals surface area contributed by atoms with Crippen molar-refractivity contribution in [2.45, 2.75) is 31.1 Å². The summed E-state index contributed by atoms with van der Waals surface area (Å²) in [7, 11) is -3.73. The maximum absolute atomic E-state index is 13.8. The number of amides is 1. The molecule has 1 amide bonds. The van der Waals surface area contributed by atoms with Crippen molar-refractivity contribution in [1.29, 1.82) is 0 Å². The van der Waals surface area contributed by atoms with Gasteiger partial charge in [0.1, 0.15) is 5.82 Å². The Morgan fingerprint density at radius 2 is 1.82 bits per heavy atom. The molecule has 0 aliphatic carbocycles. The Labute approximate surface area is 227 Å². The lowest BCUT2D eigenvalue weighted by Gasteiger charge is -2.33. The first-order chi connectivity index (χ1) is 18.3. The Morgan fingerprint density at radius 1 is 1.11 bits per heavy atom. The van der Waals surface area contributed by atoms with Crippen molar-refractivity contribution in [2.75, 3.05) is 57.4 Å². The third-order valence-electron chi connectivity index (χ3n) is 7.24. The SMILES string of the molecule is Cc1ccc2nc(N(CCCN3CCOCC3)C(=O)C3CCN(S(=O)(=O)c4ccc(F)cc4)CC3)sc2c1. The van der Waals surface area contributed by atoms with E-state index in [1.54, 1.807) is 0 Å². The quantitative estimate of drug-likeness (QED) is 0.416. The number of thiazole rings is 1. The van der Waals surface area contributed by atoms with Gasteiger partial charge in [0.05, 0.1) is 28.3 Å². The number of sulfonamides is 1. The van der Waals surface area contributed by atoms with Gasteiger partial charge < -0.3 is 4.74 Å². The van der Waals surface area contributed by atoms with Crippen molar-refractivity contribution < 1.29 is 22.3 Å². The Hall–Kier alpha value is -2.44. The molecule has 0 unspecified atom stereocenters. The highest BCUT2D eigenvalue weighted by molar-refractivity contribution is 7.89. The molecule has 2 aliphatic heterocycles. The predicted molar refractivity (Wildman–Crippen MR) is 146 cm³/mol. The van der Waals surface area contributed by atoms with Gasteiger partial charge in [0.15, 0.2) is 5.13 Å². The molecule has 0 atom stereocenters. The van der Waals surface area contributed by atoms with Gasteiger partial charge in [-0.05, 0) is 68.1 Å². The summed E-state index contributed by atoms with van der Waals surface area (Å²) in [6.45, 7) is 7.24. The number of fused-ring (bicyclic) bond motifs is 1. The maximum atomic E-state index is 13.8. The number of benzene rings is 2. The summed E-state index contributed by atoms with van der Waals surface area (Å²) in [6.07, 6.45) is 1.69. The third-order valence-corrected chi connectivity index (χ3v) is 10.2. The summed E-state index contributed by atoms with van der Waals surface area (Å²) in [5.74, 6) is -0.764. The molecule has 38 heavy (non-hydrogen) atoms. The molecule has 0 spiro atoms. The first-order valence-electron chi connectivity index (χ1n) is 13.1. The van der Waals surface area contributed by atoms with Gasteiger partial charge in [0.2, 0.25) is 15.9 Å². The number of aryl methyl sites for hydroxylation is 1. The van der Waals surface area contributed by atoms with Crippen LogP contribution in [0.15, 0.2) is 47.4 Å². The number of rotatable bonds is 8. The van der Waals surface area contributed by atoms with Crippen molar-refractivity contribution in [2.24, 2.45) is 5.92 Å². The van der Waals surface area contributed by atoms with Gasteiger partial charge in [-0.15, -0.1) is 0 Å². The van der Waals surface area contributed by atoms with E-state index in [1.807, 2.05) is 24.0 Å². The zero-order chi connectivity index (χ0) is 26.7. The van der Waals surface area contributed by atoms with Gasteiger partial charge in [0, 0.05) is 45.2 Å². The van der Waals surface area contributed by atoms with Gasteiger partial charge in [-0.2, -0.15) is 4.31 Å². The van der Waals surface area contributed by atoms with Gasteiger partial charge in [-0.1, -0.05) is 17.4 Å². The normalized spacial score (nSPS) is 18.2. The molecule has 0 bridgehead atoms. The van der Waals surface area contributed by atoms with Crippen LogP contribution in [0.2, 0.25) is 0 Å². The van der Waals surface area contributed by atoms with E-state index in [2.05, 4.69) is 11.0 Å². The summed E-state index contributed by atoms with van der Waals surface area (Å²) in [5.41, 5.74) is 2.02. The van der Waals surface area contributed by atoms with E-state index >= 15 is 0 Å². The molecule has 2 aromatic carbocycles. The number of hydrogen-bond donors (Lipinski definition) is 0. The molecule has 3 heterocycles. The van der Waals surface area contributed by atoms with E-state index in [0.29, 0.717) is 24.5 Å². The second-order valence-corrected chi connectivity index (χ2v) is 12.8.